The highest BCUT2D eigenvalue weighted by Crippen LogP contribution is 2.35. The van der Waals surface area contributed by atoms with E-state index in [1.165, 1.54) is 0 Å². The summed E-state index contributed by atoms with van der Waals surface area (Å²) in [6.07, 6.45) is -0.557. The summed E-state index contributed by atoms with van der Waals surface area (Å²) in [7, 11) is 0. The van der Waals surface area contributed by atoms with Crippen LogP contribution in [-0.2, 0) is 9.53 Å². The van der Waals surface area contributed by atoms with Crippen molar-refractivity contribution in [3.05, 3.63) is 0 Å². The number of hydrogen-bond donors (Lipinski definition) is 2. The molecule has 6 heteroatoms. The van der Waals surface area contributed by atoms with Gasteiger partial charge >= 0.3 is 12.1 Å². The van der Waals surface area contributed by atoms with E-state index in [0.29, 0.717) is 6.42 Å². The number of carboxylic acids is 1. The molecular weight excluding hydrogens is 202 g/mol. The van der Waals surface area contributed by atoms with E-state index in [0.717, 1.165) is 4.90 Å². The van der Waals surface area contributed by atoms with Crippen LogP contribution in [0.4, 0.5) is 4.79 Å². The van der Waals surface area contributed by atoms with Gasteiger partial charge in [-0.3, -0.25) is 4.90 Å². The zero-order chi connectivity index (χ0) is 11.6. The van der Waals surface area contributed by atoms with Gasteiger partial charge in [-0.15, -0.1) is 0 Å². The second-order valence-electron chi connectivity index (χ2n) is 3.56. The molecule has 86 valence electrons. The standard InChI is InChI=1S/C9H15NO5/c1-3-15-9(7(11)12)5-4-6(2)10(9)8(13)14/h6H,3-5H2,1-2H3,(H,11,12)(H,13,14). The summed E-state index contributed by atoms with van der Waals surface area (Å²) < 4.78 is 5.14. The van der Waals surface area contributed by atoms with Crippen LogP contribution in [0.3, 0.4) is 0 Å². The lowest BCUT2D eigenvalue weighted by Crippen LogP contribution is -2.56. The van der Waals surface area contributed by atoms with E-state index in [9.17, 15) is 9.59 Å². The molecule has 0 aromatic heterocycles. The van der Waals surface area contributed by atoms with Crippen LogP contribution in [0.5, 0.6) is 0 Å². The number of carbonyl (C=O) groups is 2. The lowest BCUT2D eigenvalue weighted by molar-refractivity contribution is -0.186. The van der Waals surface area contributed by atoms with Gasteiger partial charge in [-0.1, -0.05) is 0 Å². The number of nitrogens with zero attached hydrogens (tertiary/aromatic N) is 1. The Morgan fingerprint density at radius 2 is 2.13 bits per heavy atom. The maximum atomic E-state index is 11.1. The number of amides is 1. The zero-order valence-electron chi connectivity index (χ0n) is 8.77. The molecule has 2 unspecified atom stereocenters. The summed E-state index contributed by atoms with van der Waals surface area (Å²) in [5, 5.41) is 18.1. The Morgan fingerprint density at radius 3 is 2.53 bits per heavy atom. The molecule has 1 fully saturated rings. The smallest absolute Gasteiger partial charge is 0.410 e. The minimum absolute atomic E-state index is 0.169. The largest absolute Gasteiger partial charge is 0.478 e. The van der Waals surface area contributed by atoms with Crippen LogP contribution in [0, 0.1) is 0 Å². The Hall–Kier alpha value is -1.30. The molecular formula is C9H15NO5. The lowest BCUT2D eigenvalue weighted by atomic mass is 10.1. The van der Waals surface area contributed by atoms with E-state index < -0.39 is 17.8 Å². The van der Waals surface area contributed by atoms with Crippen molar-refractivity contribution in [2.24, 2.45) is 0 Å². The van der Waals surface area contributed by atoms with Crippen molar-refractivity contribution in [2.45, 2.75) is 38.5 Å². The molecule has 0 aliphatic carbocycles. The molecule has 1 aliphatic heterocycles. The summed E-state index contributed by atoms with van der Waals surface area (Å²) >= 11 is 0. The molecule has 15 heavy (non-hydrogen) atoms. The van der Waals surface area contributed by atoms with Crippen LogP contribution < -0.4 is 0 Å². The third kappa shape index (κ3) is 1.77. The van der Waals surface area contributed by atoms with Crippen LogP contribution in [0.2, 0.25) is 0 Å². The van der Waals surface area contributed by atoms with Gasteiger partial charge in [0.15, 0.2) is 0 Å². The van der Waals surface area contributed by atoms with Crippen molar-refractivity contribution in [2.75, 3.05) is 6.61 Å². The van der Waals surface area contributed by atoms with E-state index in [2.05, 4.69) is 0 Å². The molecule has 0 spiro atoms. The molecule has 0 radical (unpaired) electrons. The van der Waals surface area contributed by atoms with Gasteiger partial charge in [0.25, 0.3) is 0 Å². The van der Waals surface area contributed by atoms with Gasteiger partial charge in [0.05, 0.1) is 0 Å². The predicted octanol–water partition coefficient (Wildman–Crippen LogP) is 0.966. The number of rotatable bonds is 3. The van der Waals surface area contributed by atoms with Gasteiger partial charge < -0.3 is 14.9 Å². The first-order chi connectivity index (χ1) is 6.95. The fraction of sp³-hybridized carbons (Fsp3) is 0.778. The highest BCUT2D eigenvalue weighted by atomic mass is 16.6. The third-order valence-electron chi connectivity index (χ3n) is 2.65. The van der Waals surface area contributed by atoms with Gasteiger partial charge in [-0.05, 0) is 20.3 Å². The summed E-state index contributed by atoms with van der Waals surface area (Å²) in [5.41, 5.74) is -1.69. The number of hydrogen-bond acceptors (Lipinski definition) is 3. The summed E-state index contributed by atoms with van der Waals surface area (Å²) in [4.78, 5) is 23.0. The highest BCUT2D eigenvalue weighted by Gasteiger charge is 2.54. The molecule has 2 N–H and O–H groups in total. The monoisotopic (exact) mass is 217 g/mol. The number of ether oxygens (including phenoxy) is 1. The van der Waals surface area contributed by atoms with Crippen molar-refractivity contribution < 1.29 is 24.5 Å². The molecule has 1 amide bonds. The SMILES string of the molecule is CCOC1(C(=O)O)CCC(C)N1C(=O)O. The van der Waals surface area contributed by atoms with Crippen LogP contribution >= 0.6 is 0 Å². The minimum atomic E-state index is -1.69. The molecule has 0 aromatic rings. The lowest BCUT2D eigenvalue weighted by Gasteiger charge is -2.34. The maximum absolute atomic E-state index is 11.1. The number of aliphatic carboxylic acids is 1. The van der Waals surface area contributed by atoms with Gasteiger partial charge in [0.2, 0.25) is 5.72 Å². The molecule has 0 saturated carbocycles. The van der Waals surface area contributed by atoms with Crippen molar-refractivity contribution >= 4 is 12.1 Å². The molecule has 2 atom stereocenters. The quantitative estimate of drug-likeness (QED) is 0.735. The van der Waals surface area contributed by atoms with Crippen molar-refractivity contribution in [3.8, 4) is 0 Å². The fourth-order valence-electron chi connectivity index (χ4n) is 2.01. The molecule has 1 rings (SSSR count). The van der Waals surface area contributed by atoms with Gasteiger partial charge in [0, 0.05) is 19.1 Å². The minimum Gasteiger partial charge on any atom is -0.478 e. The van der Waals surface area contributed by atoms with Gasteiger partial charge in [0.1, 0.15) is 0 Å². The Bertz CT molecular complexity index is 276. The molecule has 6 nitrogen and oxygen atoms in total. The van der Waals surface area contributed by atoms with Crippen LogP contribution in [0.15, 0.2) is 0 Å². The fourth-order valence-corrected chi connectivity index (χ4v) is 2.01. The Morgan fingerprint density at radius 1 is 1.53 bits per heavy atom. The van der Waals surface area contributed by atoms with Crippen LogP contribution in [-0.4, -0.2) is 45.5 Å². The number of likely N-dealkylation sites (tertiary alicyclic amines) is 1. The molecule has 1 saturated heterocycles. The Labute approximate surface area is 87.4 Å². The maximum Gasteiger partial charge on any atom is 0.410 e. The molecule has 0 aromatic carbocycles. The van der Waals surface area contributed by atoms with Crippen LogP contribution in [0.25, 0.3) is 0 Å². The van der Waals surface area contributed by atoms with Gasteiger partial charge in [-0.2, -0.15) is 0 Å². The average molecular weight is 217 g/mol. The first-order valence-corrected chi connectivity index (χ1v) is 4.85. The molecule has 0 bridgehead atoms. The predicted molar refractivity (Wildman–Crippen MR) is 50.6 cm³/mol. The highest BCUT2D eigenvalue weighted by molar-refractivity contribution is 5.83. The first-order valence-electron chi connectivity index (χ1n) is 4.85. The first kappa shape index (κ1) is 11.8. The topological polar surface area (TPSA) is 87.1 Å². The van der Waals surface area contributed by atoms with E-state index in [1.54, 1.807) is 13.8 Å². The third-order valence-corrected chi connectivity index (χ3v) is 2.65. The van der Waals surface area contributed by atoms with Gasteiger partial charge in [-0.25, -0.2) is 9.59 Å². The summed E-state index contributed by atoms with van der Waals surface area (Å²) in [6.45, 7) is 3.49. The number of carboxylic acid groups (broad SMARTS) is 2. The molecule has 1 heterocycles. The summed E-state index contributed by atoms with van der Waals surface area (Å²) in [6, 6.07) is -0.329. The summed E-state index contributed by atoms with van der Waals surface area (Å²) in [5.74, 6) is -1.24. The van der Waals surface area contributed by atoms with E-state index >= 15 is 0 Å². The van der Waals surface area contributed by atoms with E-state index in [4.69, 9.17) is 14.9 Å². The second-order valence-corrected chi connectivity index (χ2v) is 3.56. The average Bonchev–Trinajstić information content (AvgIpc) is 2.45. The Balaban J connectivity index is 3.05. The van der Waals surface area contributed by atoms with E-state index in [1.807, 2.05) is 0 Å². The van der Waals surface area contributed by atoms with Crippen molar-refractivity contribution in [1.29, 1.82) is 0 Å². The van der Waals surface area contributed by atoms with E-state index in [-0.39, 0.29) is 19.1 Å². The second kappa shape index (κ2) is 4.06. The van der Waals surface area contributed by atoms with Crippen molar-refractivity contribution in [1.82, 2.24) is 4.90 Å². The zero-order valence-corrected chi connectivity index (χ0v) is 8.77. The normalized spacial score (nSPS) is 30.5. The Kier molecular flexibility index (Phi) is 3.18. The van der Waals surface area contributed by atoms with Crippen molar-refractivity contribution in [3.63, 3.8) is 0 Å². The molecule has 1 aliphatic rings. The van der Waals surface area contributed by atoms with Crippen LogP contribution in [0.1, 0.15) is 26.7 Å².